The summed E-state index contributed by atoms with van der Waals surface area (Å²) >= 11 is 2.34. The molecule has 0 atom stereocenters. The lowest BCUT2D eigenvalue weighted by molar-refractivity contribution is 0.709. The van der Waals surface area contributed by atoms with E-state index in [1.165, 1.54) is 15.7 Å². The first-order valence-electron chi connectivity index (χ1n) is 5.00. The lowest BCUT2D eigenvalue weighted by Crippen LogP contribution is -2.26. The molecule has 2 rings (SSSR count). The molecular formula is C11H14IN2. The summed E-state index contributed by atoms with van der Waals surface area (Å²) in [4.78, 5) is 2.42. The van der Waals surface area contributed by atoms with Gasteiger partial charge >= 0.3 is 0 Å². The maximum atomic E-state index is 4.42. The highest BCUT2D eigenvalue weighted by atomic mass is 127. The third kappa shape index (κ3) is 2.60. The van der Waals surface area contributed by atoms with E-state index in [4.69, 9.17) is 0 Å². The van der Waals surface area contributed by atoms with Gasteiger partial charge in [-0.1, -0.05) is 0 Å². The summed E-state index contributed by atoms with van der Waals surface area (Å²) in [6, 6.07) is 8.73. The third-order valence-corrected chi connectivity index (χ3v) is 3.18. The molecule has 0 aliphatic carbocycles. The van der Waals surface area contributed by atoms with Gasteiger partial charge in [0.25, 0.3) is 0 Å². The van der Waals surface area contributed by atoms with Crippen molar-refractivity contribution < 1.29 is 0 Å². The number of nitrogens with zero attached hydrogens (tertiary/aromatic N) is 2. The van der Waals surface area contributed by atoms with Crippen LogP contribution >= 0.6 is 22.6 Å². The summed E-state index contributed by atoms with van der Waals surface area (Å²) in [7, 11) is 0. The standard InChI is InChI=1S/C11H14IN2/c12-10-2-4-11(5-3-10)14-8-1-6-13-7-9-14/h2-5H,1,6-9H2. The summed E-state index contributed by atoms with van der Waals surface area (Å²) < 4.78 is 1.30. The molecule has 3 heteroatoms. The fourth-order valence-corrected chi connectivity index (χ4v) is 2.06. The van der Waals surface area contributed by atoms with E-state index in [-0.39, 0.29) is 0 Å². The minimum absolute atomic E-state index is 0.978. The molecule has 1 fully saturated rings. The Bertz CT molecular complexity index is 276. The van der Waals surface area contributed by atoms with Crippen LogP contribution in [0.2, 0.25) is 0 Å². The third-order valence-electron chi connectivity index (χ3n) is 2.46. The molecule has 1 aromatic rings. The SMILES string of the molecule is Ic1ccc(N2CCC[N]CC2)cc1. The van der Waals surface area contributed by atoms with Gasteiger partial charge < -0.3 is 4.90 Å². The van der Waals surface area contributed by atoms with E-state index in [0.29, 0.717) is 0 Å². The van der Waals surface area contributed by atoms with Crippen LogP contribution in [0.15, 0.2) is 24.3 Å². The summed E-state index contributed by atoms with van der Waals surface area (Å²) in [5.74, 6) is 0. The van der Waals surface area contributed by atoms with Crippen LogP contribution in [0, 0.1) is 3.57 Å². The zero-order valence-corrected chi connectivity index (χ0v) is 10.3. The van der Waals surface area contributed by atoms with Crippen molar-refractivity contribution in [1.82, 2.24) is 5.32 Å². The average Bonchev–Trinajstić information content (AvgIpc) is 2.47. The van der Waals surface area contributed by atoms with Gasteiger partial charge in [0.05, 0.1) is 0 Å². The minimum Gasteiger partial charge on any atom is -0.370 e. The van der Waals surface area contributed by atoms with Crippen molar-refractivity contribution in [1.29, 1.82) is 0 Å². The minimum atomic E-state index is 0.978. The summed E-state index contributed by atoms with van der Waals surface area (Å²) in [5.41, 5.74) is 1.34. The molecule has 1 aliphatic heterocycles. The molecule has 0 saturated carbocycles. The summed E-state index contributed by atoms with van der Waals surface area (Å²) in [6.07, 6.45) is 1.19. The fourth-order valence-electron chi connectivity index (χ4n) is 1.70. The van der Waals surface area contributed by atoms with Crippen LogP contribution in [-0.2, 0) is 0 Å². The zero-order valence-electron chi connectivity index (χ0n) is 8.12. The van der Waals surface area contributed by atoms with Gasteiger partial charge in [0.1, 0.15) is 0 Å². The highest BCUT2D eigenvalue weighted by Gasteiger charge is 2.09. The molecule has 75 valence electrons. The van der Waals surface area contributed by atoms with E-state index in [0.717, 1.165) is 26.2 Å². The van der Waals surface area contributed by atoms with E-state index >= 15 is 0 Å². The van der Waals surface area contributed by atoms with Crippen molar-refractivity contribution in [2.24, 2.45) is 0 Å². The highest BCUT2D eigenvalue weighted by molar-refractivity contribution is 14.1. The first kappa shape index (κ1) is 10.2. The Morgan fingerprint density at radius 1 is 1.07 bits per heavy atom. The second-order valence-corrected chi connectivity index (χ2v) is 4.73. The normalized spacial score (nSPS) is 17.9. The van der Waals surface area contributed by atoms with Crippen LogP contribution in [0.3, 0.4) is 0 Å². The highest BCUT2D eigenvalue weighted by Crippen LogP contribution is 2.16. The average molecular weight is 301 g/mol. The fraction of sp³-hybridized carbons (Fsp3) is 0.455. The summed E-state index contributed by atoms with van der Waals surface area (Å²) in [5, 5.41) is 4.42. The van der Waals surface area contributed by atoms with Crippen molar-refractivity contribution in [3.63, 3.8) is 0 Å². The van der Waals surface area contributed by atoms with Crippen molar-refractivity contribution in [2.75, 3.05) is 31.1 Å². The van der Waals surface area contributed by atoms with Gasteiger partial charge in [-0.05, 0) is 53.3 Å². The van der Waals surface area contributed by atoms with Gasteiger partial charge in [-0.3, -0.25) is 0 Å². The van der Waals surface area contributed by atoms with Gasteiger partial charge in [0.2, 0.25) is 0 Å². The van der Waals surface area contributed by atoms with Crippen molar-refractivity contribution in [3.8, 4) is 0 Å². The molecule has 0 aromatic heterocycles. The molecule has 2 nitrogen and oxygen atoms in total. The second kappa shape index (κ2) is 4.98. The molecule has 1 heterocycles. The van der Waals surface area contributed by atoms with Crippen LogP contribution in [0.25, 0.3) is 0 Å². The molecule has 1 radical (unpaired) electrons. The molecule has 0 bridgehead atoms. The molecule has 0 N–H and O–H groups in total. The number of rotatable bonds is 1. The Kier molecular flexibility index (Phi) is 3.64. The second-order valence-electron chi connectivity index (χ2n) is 3.49. The summed E-state index contributed by atoms with van der Waals surface area (Å²) in [6.45, 7) is 4.22. The van der Waals surface area contributed by atoms with E-state index < -0.39 is 0 Å². The van der Waals surface area contributed by atoms with Crippen molar-refractivity contribution in [3.05, 3.63) is 27.8 Å². The molecule has 1 aromatic carbocycles. The Morgan fingerprint density at radius 2 is 1.86 bits per heavy atom. The van der Waals surface area contributed by atoms with Crippen molar-refractivity contribution in [2.45, 2.75) is 6.42 Å². The zero-order chi connectivity index (χ0) is 9.80. The molecule has 14 heavy (non-hydrogen) atoms. The monoisotopic (exact) mass is 301 g/mol. The number of hydrogen-bond donors (Lipinski definition) is 0. The number of benzene rings is 1. The van der Waals surface area contributed by atoms with Crippen LogP contribution < -0.4 is 10.2 Å². The van der Waals surface area contributed by atoms with Crippen LogP contribution in [-0.4, -0.2) is 26.2 Å². The Balaban J connectivity index is 2.08. The first-order valence-corrected chi connectivity index (χ1v) is 6.08. The number of halogens is 1. The number of hydrogen-bond acceptors (Lipinski definition) is 1. The van der Waals surface area contributed by atoms with E-state index in [9.17, 15) is 0 Å². The van der Waals surface area contributed by atoms with Gasteiger partial charge in [0, 0.05) is 35.4 Å². The predicted molar refractivity (Wildman–Crippen MR) is 67.9 cm³/mol. The van der Waals surface area contributed by atoms with Gasteiger partial charge in [-0.25, -0.2) is 5.32 Å². The topological polar surface area (TPSA) is 17.3 Å². The largest absolute Gasteiger partial charge is 0.370 e. The maximum Gasteiger partial charge on any atom is 0.0367 e. The molecule has 0 spiro atoms. The van der Waals surface area contributed by atoms with Crippen LogP contribution in [0.5, 0.6) is 0 Å². The number of anilines is 1. The molecule has 1 aliphatic rings. The molecule has 1 saturated heterocycles. The van der Waals surface area contributed by atoms with Crippen molar-refractivity contribution >= 4 is 28.3 Å². The molecule has 0 unspecified atom stereocenters. The molecular weight excluding hydrogens is 287 g/mol. The lowest BCUT2D eigenvalue weighted by Gasteiger charge is -2.21. The predicted octanol–water partition coefficient (Wildman–Crippen LogP) is 2.11. The maximum absolute atomic E-state index is 4.42. The van der Waals surface area contributed by atoms with E-state index in [1.807, 2.05) is 0 Å². The van der Waals surface area contributed by atoms with Gasteiger partial charge in [0.15, 0.2) is 0 Å². The van der Waals surface area contributed by atoms with E-state index in [2.05, 4.69) is 57.1 Å². The Labute approximate surface area is 98.8 Å². The lowest BCUT2D eigenvalue weighted by atomic mass is 10.3. The molecule has 0 amide bonds. The smallest absolute Gasteiger partial charge is 0.0367 e. The Morgan fingerprint density at radius 3 is 2.64 bits per heavy atom. The quantitative estimate of drug-likeness (QED) is 0.726. The van der Waals surface area contributed by atoms with Crippen LogP contribution in [0.4, 0.5) is 5.69 Å². The van der Waals surface area contributed by atoms with Gasteiger partial charge in [-0.2, -0.15) is 0 Å². The van der Waals surface area contributed by atoms with Gasteiger partial charge in [-0.15, -0.1) is 0 Å². The van der Waals surface area contributed by atoms with Crippen LogP contribution in [0.1, 0.15) is 6.42 Å². The van der Waals surface area contributed by atoms with E-state index in [1.54, 1.807) is 0 Å². The first-order chi connectivity index (χ1) is 6.86. The Hall–Kier alpha value is -0.290.